The Bertz CT molecular complexity index is 3450. The first-order valence-corrected chi connectivity index (χ1v) is 24.1. The number of hydrogen-bond donors (Lipinski definition) is 0. The first kappa shape index (κ1) is 41.1. The Morgan fingerprint density at radius 2 is 0.672 bits per heavy atom. The molecule has 0 fully saturated rings. The summed E-state index contributed by atoms with van der Waals surface area (Å²) in [5, 5.41) is 0. The van der Waals surface area contributed by atoms with E-state index < -0.39 is 0 Å². The van der Waals surface area contributed by atoms with E-state index >= 15 is 0 Å². The molecule has 322 valence electrons. The molecular formula is C62H47IN4. The van der Waals surface area contributed by atoms with Gasteiger partial charge in [0.2, 0.25) is 0 Å². The summed E-state index contributed by atoms with van der Waals surface area (Å²) < 4.78 is 1.13. The maximum atomic E-state index is 5.49. The SMILES string of the molecule is CC1(C)c2cc(-c3nc4ccc(I)cc4nc3-c3ccc4c(c3)C(C)(C)c3cc(N(c5ccccc5)c5ccccc5)ccc3-4)ccc2-c2ccc(N(c3ccccc3)c3ccccc3)cc21. The van der Waals surface area contributed by atoms with Crippen LogP contribution in [0.3, 0.4) is 0 Å². The van der Waals surface area contributed by atoms with Crippen molar-refractivity contribution in [2.75, 3.05) is 9.80 Å². The largest absolute Gasteiger partial charge is 0.310 e. The van der Waals surface area contributed by atoms with E-state index in [0.717, 1.165) is 71.2 Å². The zero-order valence-electron chi connectivity index (χ0n) is 37.9. The van der Waals surface area contributed by atoms with Crippen molar-refractivity contribution >= 4 is 67.7 Å². The number of fused-ring (bicyclic) bond motifs is 7. The summed E-state index contributed by atoms with van der Waals surface area (Å²) in [5.74, 6) is 0. The van der Waals surface area contributed by atoms with E-state index in [1.54, 1.807) is 0 Å². The zero-order chi connectivity index (χ0) is 45.4. The summed E-state index contributed by atoms with van der Waals surface area (Å²) in [7, 11) is 0. The Balaban J connectivity index is 0.951. The predicted octanol–water partition coefficient (Wildman–Crippen LogP) is 17.1. The van der Waals surface area contributed by atoms with Gasteiger partial charge < -0.3 is 9.80 Å². The fraction of sp³-hybridized carbons (Fsp3) is 0.0968. The van der Waals surface area contributed by atoms with Crippen molar-refractivity contribution in [1.82, 2.24) is 9.97 Å². The van der Waals surface area contributed by atoms with Gasteiger partial charge >= 0.3 is 0 Å². The number of rotatable bonds is 8. The van der Waals surface area contributed by atoms with Crippen LogP contribution in [0.1, 0.15) is 49.9 Å². The van der Waals surface area contributed by atoms with Gasteiger partial charge in [-0.2, -0.15) is 0 Å². The van der Waals surface area contributed by atoms with E-state index in [1.807, 2.05) is 0 Å². The molecule has 4 nitrogen and oxygen atoms in total. The fourth-order valence-corrected chi connectivity index (χ4v) is 11.1. The van der Waals surface area contributed by atoms with Gasteiger partial charge in [-0.15, -0.1) is 0 Å². The van der Waals surface area contributed by atoms with Crippen LogP contribution in [0.15, 0.2) is 212 Å². The highest BCUT2D eigenvalue weighted by Gasteiger charge is 2.38. The fourth-order valence-electron chi connectivity index (χ4n) is 10.7. The minimum atomic E-state index is -0.269. The summed E-state index contributed by atoms with van der Waals surface area (Å²) in [4.78, 5) is 15.7. The molecule has 0 unspecified atom stereocenters. The highest BCUT2D eigenvalue weighted by molar-refractivity contribution is 14.1. The number of hydrogen-bond acceptors (Lipinski definition) is 4. The lowest BCUT2D eigenvalue weighted by atomic mass is 9.81. The molecule has 67 heavy (non-hydrogen) atoms. The second kappa shape index (κ2) is 15.9. The molecule has 0 N–H and O–H groups in total. The summed E-state index contributed by atoms with van der Waals surface area (Å²) in [6.45, 7) is 9.45. The van der Waals surface area contributed by atoms with Gasteiger partial charge in [0.1, 0.15) is 0 Å². The van der Waals surface area contributed by atoms with E-state index in [0.29, 0.717) is 0 Å². The molecule has 1 heterocycles. The highest BCUT2D eigenvalue weighted by Crippen LogP contribution is 2.54. The average molecular weight is 975 g/mol. The van der Waals surface area contributed by atoms with Gasteiger partial charge in [0.25, 0.3) is 0 Å². The van der Waals surface area contributed by atoms with Gasteiger partial charge in [0.05, 0.1) is 22.4 Å². The molecule has 0 spiro atoms. The topological polar surface area (TPSA) is 32.3 Å². The molecule has 2 aliphatic rings. The van der Waals surface area contributed by atoms with Crippen LogP contribution in [0.2, 0.25) is 0 Å². The van der Waals surface area contributed by atoms with Crippen LogP contribution in [-0.4, -0.2) is 9.97 Å². The molecule has 5 heteroatoms. The maximum Gasteiger partial charge on any atom is 0.0973 e. The van der Waals surface area contributed by atoms with E-state index in [-0.39, 0.29) is 10.8 Å². The summed E-state index contributed by atoms with van der Waals surface area (Å²) in [5.41, 5.74) is 22.2. The molecule has 1 aromatic heterocycles. The Morgan fingerprint density at radius 1 is 0.328 bits per heavy atom. The van der Waals surface area contributed by atoms with E-state index in [4.69, 9.17) is 9.97 Å². The molecule has 12 rings (SSSR count). The van der Waals surface area contributed by atoms with Crippen LogP contribution in [0, 0.1) is 3.57 Å². The lowest BCUT2D eigenvalue weighted by molar-refractivity contribution is 0.660. The van der Waals surface area contributed by atoms with E-state index in [9.17, 15) is 0 Å². The quantitative estimate of drug-likeness (QED) is 0.142. The molecule has 0 radical (unpaired) electrons. The normalized spacial score (nSPS) is 13.7. The number of nitrogens with zero attached hydrogens (tertiary/aromatic N) is 4. The van der Waals surface area contributed by atoms with E-state index in [2.05, 4.69) is 272 Å². The second-order valence-electron chi connectivity index (χ2n) is 18.8. The highest BCUT2D eigenvalue weighted by atomic mass is 127. The van der Waals surface area contributed by atoms with Gasteiger partial charge in [-0.3, -0.25) is 0 Å². The van der Waals surface area contributed by atoms with Crippen molar-refractivity contribution < 1.29 is 0 Å². The monoisotopic (exact) mass is 974 g/mol. The Labute approximate surface area is 406 Å². The molecule has 0 saturated carbocycles. The lowest BCUT2D eigenvalue weighted by Crippen LogP contribution is -2.17. The molecular weight excluding hydrogens is 928 g/mol. The zero-order valence-corrected chi connectivity index (χ0v) is 40.0. The standard InChI is InChI=1S/C62H47IN4/c1-61(2)53-35-40(25-30-49(53)51-32-28-47(38-55(51)61)66(43-17-9-5-10-18-43)44-19-11-6-12-20-44)59-60(65-58-37-42(63)27-34-57(58)64-59)41-26-31-50-52-33-29-48(39-56(52)62(3,4)54(50)36-41)67(45-21-13-7-14-22-45)46-23-15-8-16-24-46/h5-39H,1-4H3. The first-order valence-electron chi connectivity index (χ1n) is 23.0. The number of benzene rings is 9. The van der Waals surface area contributed by atoms with Crippen molar-refractivity contribution in [3.05, 3.63) is 238 Å². The van der Waals surface area contributed by atoms with Crippen molar-refractivity contribution in [1.29, 1.82) is 0 Å². The lowest BCUT2D eigenvalue weighted by Gasteiger charge is -2.28. The van der Waals surface area contributed by atoms with Crippen molar-refractivity contribution in [2.24, 2.45) is 0 Å². The second-order valence-corrected chi connectivity index (χ2v) is 20.0. The van der Waals surface area contributed by atoms with Crippen molar-refractivity contribution in [3.63, 3.8) is 0 Å². The summed E-state index contributed by atoms with van der Waals surface area (Å²) in [6.07, 6.45) is 0. The van der Waals surface area contributed by atoms with Gasteiger partial charge in [-0.1, -0.05) is 137 Å². The predicted molar refractivity (Wildman–Crippen MR) is 288 cm³/mol. The molecule has 9 aromatic carbocycles. The minimum Gasteiger partial charge on any atom is -0.310 e. The maximum absolute atomic E-state index is 5.49. The molecule has 0 saturated heterocycles. The van der Waals surface area contributed by atoms with Gasteiger partial charge in [-0.25, -0.2) is 9.97 Å². The number of halogens is 1. The third-order valence-corrected chi connectivity index (χ3v) is 14.7. The summed E-state index contributed by atoms with van der Waals surface area (Å²) in [6, 6.07) is 76.8. The van der Waals surface area contributed by atoms with Gasteiger partial charge in [0, 0.05) is 59.7 Å². The Morgan fingerprint density at radius 3 is 1.06 bits per heavy atom. The van der Waals surface area contributed by atoms with Crippen LogP contribution >= 0.6 is 22.6 Å². The smallest absolute Gasteiger partial charge is 0.0973 e. The van der Waals surface area contributed by atoms with Crippen molar-refractivity contribution in [2.45, 2.75) is 38.5 Å². The number of aromatic nitrogens is 2. The Hall–Kier alpha value is -7.35. The average Bonchev–Trinajstić information content (AvgIpc) is 3.73. The third kappa shape index (κ3) is 6.86. The van der Waals surface area contributed by atoms with Gasteiger partial charge in [0.15, 0.2) is 0 Å². The molecule has 0 aliphatic heterocycles. The first-order chi connectivity index (χ1) is 32.6. The van der Waals surface area contributed by atoms with Crippen LogP contribution < -0.4 is 9.80 Å². The number of anilines is 6. The third-order valence-electron chi connectivity index (χ3n) is 14.1. The van der Waals surface area contributed by atoms with Crippen molar-refractivity contribution in [3.8, 4) is 44.8 Å². The Kier molecular flexibility index (Phi) is 9.77. The van der Waals surface area contributed by atoms with Crippen LogP contribution in [0.5, 0.6) is 0 Å². The molecule has 2 aliphatic carbocycles. The minimum absolute atomic E-state index is 0.269. The van der Waals surface area contributed by atoms with Crippen LogP contribution in [-0.2, 0) is 10.8 Å². The molecule has 0 atom stereocenters. The summed E-state index contributed by atoms with van der Waals surface area (Å²) >= 11 is 2.38. The van der Waals surface area contributed by atoms with Gasteiger partial charge in [-0.05, 0) is 170 Å². The molecule has 10 aromatic rings. The molecule has 0 amide bonds. The number of para-hydroxylation sites is 4. The van der Waals surface area contributed by atoms with Crippen LogP contribution in [0.25, 0.3) is 55.8 Å². The van der Waals surface area contributed by atoms with Crippen LogP contribution in [0.4, 0.5) is 34.1 Å². The van der Waals surface area contributed by atoms with E-state index in [1.165, 1.54) is 44.5 Å². The molecule has 0 bridgehead atoms.